The normalized spacial score (nSPS) is 46.4. The SMILES string of the molecule is NC[C@@H]1OC(CO)[C@H](O)[C@H](O)C1O. The molecule has 0 aromatic carbocycles. The number of nitrogens with two attached hydrogens (primary N) is 1. The fourth-order valence-electron chi connectivity index (χ4n) is 1.37. The minimum atomic E-state index is -1.32. The number of aliphatic hydroxyl groups excluding tert-OH is 4. The molecule has 0 saturated carbocycles. The van der Waals surface area contributed by atoms with E-state index in [9.17, 15) is 15.3 Å². The smallest absolute Gasteiger partial charge is 0.111 e. The van der Waals surface area contributed by atoms with Crippen LogP contribution in [0.15, 0.2) is 0 Å². The van der Waals surface area contributed by atoms with Gasteiger partial charge in [0.15, 0.2) is 0 Å². The van der Waals surface area contributed by atoms with Crippen LogP contribution in [0.1, 0.15) is 0 Å². The summed E-state index contributed by atoms with van der Waals surface area (Å²) in [4.78, 5) is 0. The van der Waals surface area contributed by atoms with Crippen molar-refractivity contribution in [3.63, 3.8) is 0 Å². The highest BCUT2D eigenvalue weighted by atomic mass is 16.5. The molecule has 1 fully saturated rings. The van der Waals surface area contributed by atoms with E-state index >= 15 is 0 Å². The Morgan fingerprint density at radius 2 is 1.54 bits per heavy atom. The van der Waals surface area contributed by atoms with E-state index in [4.69, 9.17) is 15.6 Å². The molecule has 1 aliphatic rings. The minimum Gasteiger partial charge on any atom is -0.394 e. The first-order valence-corrected chi connectivity index (χ1v) is 4.12. The summed E-state index contributed by atoms with van der Waals surface area (Å²) in [5.74, 6) is 0. The fraction of sp³-hybridized carbons (Fsp3) is 1.00. The number of aliphatic hydroxyl groups is 4. The van der Waals surface area contributed by atoms with Crippen molar-refractivity contribution < 1.29 is 25.2 Å². The van der Waals surface area contributed by atoms with Gasteiger partial charge in [0.25, 0.3) is 0 Å². The van der Waals surface area contributed by atoms with E-state index in [1.54, 1.807) is 0 Å². The topological polar surface area (TPSA) is 116 Å². The molecule has 1 aliphatic heterocycles. The van der Waals surface area contributed by atoms with Crippen molar-refractivity contribution in [1.29, 1.82) is 0 Å². The molecular formula is C7H15NO5. The van der Waals surface area contributed by atoms with Crippen molar-refractivity contribution in [3.05, 3.63) is 0 Å². The maximum absolute atomic E-state index is 9.32. The van der Waals surface area contributed by atoms with Crippen LogP contribution in [0, 0.1) is 0 Å². The zero-order chi connectivity index (χ0) is 10.0. The highest BCUT2D eigenvalue weighted by Crippen LogP contribution is 2.20. The number of hydrogen-bond donors (Lipinski definition) is 5. The third-order valence-electron chi connectivity index (χ3n) is 2.22. The largest absolute Gasteiger partial charge is 0.394 e. The molecule has 0 spiro atoms. The molecule has 1 rings (SSSR count). The van der Waals surface area contributed by atoms with Crippen molar-refractivity contribution in [2.24, 2.45) is 5.73 Å². The van der Waals surface area contributed by atoms with Gasteiger partial charge in [-0.3, -0.25) is 0 Å². The van der Waals surface area contributed by atoms with Crippen molar-refractivity contribution in [1.82, 2.24) is 0 Å². The summed E-state index contributed by atoms with van der Waals surface area (Å²) in [6.07, 6.45) is -5.42. The lowest BCUT2D eigenvalue weighted by Gasteiger charge is -2.39. The van der Waals surface area contributed by atoms with Crippen LogP contribution >= 0.6 is 0 Å². The molecule has 13 heavy (non-hydrogen) atoms. The molecule has 0 amide bonds. The fourth-order valence-corrected chi connectivity index (χ4v) is 1.37. The average Bonchev–Trinajstić information content (AvgIpc) is 2.15. The first-order chi connectivity index (χ1) is 6.11. The number of ether oxygens (including phenoxy) is 1. The summed E-state index contributed by atoms with van der Waals surface area (Å²) in [5.41, 5.74) is 5.26. The monoisotopic (exact) mass is 193 g/mol. The second-order valence-electron chi connectivity index (χ2n) is 3.10. The van der Waals surface area contributed by atoms with Crippen LogP contribution in [-0.4, -0.2) is 64.1 Å². The molecule has 78 valence electrons. The van der Waals surface area contributed by atoms with Gasteiger partial charge in [-0.1, -0.05) is 0 Å². The Kier molecular flexibility index (Phi) is 3.60. The van der Waals surface area contributed by atoms with Gasteiger partial charge >= 0.3 is 0 Å². The van der Waals surface area contributed by atoms with E-state index in [1.807, 2.05) is 0 Å². The van der Waals surface area contributed by atoms with Crippen LogP contribution < -0.4 is 5.73 Å². The quantitative estimate of drug-likeness (QED) is 0.315. The first kappa shape index (κ1) is 10.8. The van der Waals surface area contributed by atoms with Gasteiger partial charge in [0.1, 0.15) is 24.4 Å². The second kappa shape index (κ2) is 4.32. The average molecular weight is 193 g/mol. The highest BCUT2D eigenvalue weighted by molar-refractivity contribution is 4.92. The minimum absolute atomic E-state index is 0.0292. The zero-order valence-corrected chi connectivity index (χ0v) is 7.08. The van der Waals surface area contributed by atoms with Gasteiger partial charge in [0.05, 0.1) is 12.7 Å². The van der Waals surface area contributed by atoms with Crippen LogP contribution in [0.25, 0.3) is 0 Å². The number of rotatable bonds is 2. The predicted molar refractivity (Wildman–Crippen MR) is 42.8 cm³/mol. The van der Waals surface area contributed by atoms with Crippen LogP contribution in [0.3, 0.4) is 0 Å². The molecule has 0 aliphatic carbocycles. The Morgan fingerprint density at radius 3 is 2.00 bits per heavy atom. The molecule has 6 N–H and O–H groups in total. The third-order valence-corrected chi connectivity index (χ3v) is 2.22. The number of hydrogen-bond acceptors (Lipinski definition) is 6. The van der Waals surface area contributed by atoms with Crippen LogP contribution in [-0.2, 0) is 4.74 Å². The Bertz CT molecular complexity index is 147. The van der Waals surface area contributed by atoms with Crippen molar-refractivity contribution >= 4 is 0 Å². The van der Waals surface area contributed by atoms with E-state index in [1.165, 1.54) is 0 Å². The molecule has 0 bridgehead atoms. The molecule has 2 unspecified atom stereocenters. The van der Waals surface area contributed by atoms with Crippen LogP contribution in [0.4, 0.5) is 0 Å². The van der Waals surface area contributed by atoms with Crippen molar-refractivity contribution in [2.45, 2.75) is 30.5 Å². The lowest BCUT2D eigenvalue weighted by molar-refractivity contribution is -0.226. The van der Waals surface area contributed by atoms with Gasteiger partial charge < -0.3 is 30.9 Å². The molecule has 6 nitrogen and oxygen atoms in total. The second-order valence-corrected chi connectivity index (χ2v) is 3.10. The summed E-state index contributed by atoms with van der Waals surface area (Å²) >= 11 is 0. The maximum Gasteiger partial charge on any atom is 0.111 e. The maximum atomic E-state index is 9.32. The van der Waals surface area contributed by atoms with Gasteiger partial charge in [-0.2, -0.15) is 0 Å². The molecule has 1 heterocycles. The van der Waals surface area contributed by atoms with Crippen molar-refractivity contribution in [3.8, 4) is 0 Å². The summed E-state index contributed by atoms with van der Waals surface area (Å²) in [7, 11) is 0. The third kappa shape index (κ3) is 1.98. The molecule has 0 aromatic rings. The van der Waals surface area contributed by atoms with Crippen LogP contribution in [0.2, 0.25) is 0 Å². The van der Waals surface area contributed by atoms with Gasteiger partial charge in [-0.25, -0.2) is 0 Å². The van der Waals surface area contributed by atoms with Crippen molar-refractivity contribution in [2.75, 3.05) is 13.2 Å². The lowest BCUT2D eigenvalue weighted by atomic mass is 9.95. The molecule has 1 saturated heterocycles. The van der Waals surface area contributed by atoms with E-state index in [0.29, 0.717) is 0 Å². The highest BCUT2D eigenvalue weighted by Gasteiger charge is 2.42. The van der Waals surface area contributed by atoms with E-state index < -0.39 is 37.1 Å². The summed E-state index contributed by atoms with van der Waals surface area (Å²) in [6.45, 7) is -0.386. The Morgan fingerprint density at radius 1 is 1.00 bits per heavy atom. The van der Waals surface area contributed by atoms with Crippen LogP contribution in [0.5, 0.6) is 0 Å². The lowest BCUT2D eigenvalue weighted by Crippen LogP contribution is -2.60. The first-order valence-electron chi connectivity index (χ1n) is 4.12. The molecule has 0 aromatic heterocycles. The zero-order valence-electron chi connectivity index (χ0n) is 7.08. The van der Waals surface area contributed by atoms with Gasteiger partial charge in [0, 0.05) is 6.54 Å². The predicted octanol–water partition coefficient (Wildman–Crippen LogP) is -3.21. The van der Waals surface area contributed by atoms with E-state index in [0.717, 1.165) is 0 Å². The standard InChI is InChI=1S/C7H15NO5/c8-1-3-5(10)7(12)6(11)4(2-9)13-3/h3-7,9-12H,1-2,8H2/t3-,4?,5?,6-,7+/m0/s1. The Labute approximate surface area is 75.6 Å². The Balaban J connectivity index is 2.66. The summed E-state index contributed by atoms with van der Waals surface area (Å²) in [5, 5.41) is 36.7. The Hall–Kier alpha value is -0.240. The van der Waals surface area contributed by atoms with Gasteiger partial charge in [-0.15, -0.1) is 0 Å². The molecule has 0 radical (unpaired) electrons. The molecular weight excluding hydrogens is 178 g/mol. The van der Waals surface area contributed by atoms with E-state index in [-0.39, 0.29) is 6.54 Å². The van der Waals surface area contributed by atoms with E-state index in [2.05, 4.69) is 0 Å². The molecule has 6 heteroatoms. The summed E-state index contributed by atoms with van der Waals surface area (Å²) in [6, 6.07) is 0. The molecule has 5 atom stereocenters. The van der Waals surface area contributed by atoms with Gasteiger partial charge in [-0.05, 0) is 0 Å². The van der Waals surface area contributed by atoms with Gasteiger partial charge in [0.2, 0.25) is 0 Å². The summed E-state index contributed by atoms with van der Waals surface area (Å²) < 4.78 is 5.04.